The van der Waals surface area contributed by atoms with Gasteiger partial charge in [-0.05, 0) is 50.1 Å². The molecule has 0 aliphatic carbocycles. The van der Waals surface area contributed by atoms with Crippen LogP contribution in [0.3, 0.4) is 0 Å². The van der Waals surface area contributed by atoms with Gasteiger partial charge in [-0.2, -0.15) is 0 Å². The van der Waals surface area contributed by atoms with Crippen LogP contribution in [0.15, 0.2) is 41.7 Å². The number of likely N-dealkylation sites (N-methyl/N-ethyl adjacent to an activating group) is 1. The van der Waals surface area contributed by atoms with Gasteiger partial charge in [-0.1, -0.05) is 6.07 Å². The molecule has 14 heteroatoms. The van der Waals surface area contributed by atoms with Crippen molar-refractivity contribution in [3.05, 3.63) is 63.0 Å². The van der Waals surface area contributed by atoms with Gasteiger partial charge in [0.05, 0.1) is 16.5 Å². The number of aromatic hydroxyl groups is 4. The van der Waals surface area contributed by atoms with Crippen LogP contribution in [-0.4, -0.2) is 70.9 Å². The molecule has 38 heavy (non-hydrogen) atoms. The molecule has 2 atom stereocenters. The minimum absolute atomic E-state index is 0.0250. The number of nitro benzene ring substituents is 1. The normalized spacial score (nSPS) is 16.8. The number of hydrogen-bond donors (Lipinski definition) is 7. The summed E-state index contributed by atoms with van der Waals surface area (Å²) >= 11 is 0. The molecular weight excluding hydrogens is 502 g/mol. The molecule has 0 saturated heterocycles. The van der Waals surface area contributed by atoms with Crippen molar-refractivity contribution in [1.29, 1.82) is 0 Å². The van der Waals surface area contributed by atoms with E-state index in [1.54, 1.807) is 13.8 Å². The van der Waals surface area contributed by atoms with Gasteiger partial charge < -0.3 is 36.2 Å². The molecule has 0 radical (unpaired) electrons. The van der Waals surface area contributed by atoms with E-state index in [0.29, 0.717) is 5.56 Å². The van der Waals surface area contributed by atoms with Gasteiger partial charge in [-0.15, -0.1) is 0 Å². The fourth-order valence-corrected chi connectivity index (χ4v) is 4.35. The summed E-state index contributed by atoms with van der Waals surface area (Å²) in [4.78, 5) is 38.1. The zero-order valence-corrected chi connectivity index (χ0v) is 20.9. The van der Waals surface area contributed by atoms with E-state index in [-0.39, 0.29) is 36.5 Å². The third kappa shape index (κ3) is 4.80. The standard InChI is InChI=1S/C24H29N5O9/c1-4-27(5-2)22(34)18-19(13-9-14(29(37)38)20(33)17(32)10-13)26-28(21(18)25)24(3,23(35)36)11-12-6-7-15(30)16(31)8-12/h6-10,19,26,30-33H,4-5,11,25H2,1-3H3,(H,35,36)/t19?,24-/m0/s1. The lowest BCUT2D eigenvalue weighted by Crippen LogP contribution is -2.58. The van der Waals surface area contributed by atoms with Crippen LogP contribution in [0.4, 0.5) is 5.69 Å². The maximum absolute atomic E-state index is 13.5. The number of carbonyl (C=O) groups is 2. The number of hydrazine groups is 1. The molecule has 3 rings (SSSR count). The van der Waals surface area contributed by atoms with Gasteiger partial charge in [0, 0.05) is 25.6 Å². The van der Waals surface area contributed by atoms with Crippen molar-refractivity contribution in [3.8, 4) is 23.0 Å². The number of rotatable bonds is 9. The summed E-state index contributed by atoms with van der Waals surface area (Å²) < 4.78 is 0. The van der Waals surface area contributed by atoms with E-state index < -0.39 is 57.1 Å². The summed E-state index contributed by atoms with van der Waals surface area (Å²) in [5, 5.41) is 62.4. The Labute approximate surface area is 216 Å². The summed E-state index contributed by atoms with van der Waals surface area (Å²) in [5.41, 5.74) is 6.72. The lowest BCUT2D eigenvalue weighted by atomic mass is 9.91. The van der Waals surface area contributed by atoms with Crippen LogP contribution >= 0.6 is 0 Å². The Hall–Kier alpha value is -4.72. The number of carboxylic acids is 1. The average Bonchev–Trinajstić information content (AvgIpc) is 3.20. The number of carboxylic acid groups (broad SMARTS) is 1. The summed E-state index contributed by atoms with van der Waals surface area (Å²) in [6.45, 7) is 5.33. The molecule has 2 aromatic rings. The lowest BCUT2D eigenvalue weighted by molar-refractivity contribution is -0.386. The van der Waals surface area contributed by atoms with E-state index in [2.05, 4.69) is 5.43 Å². The topological polar surface area (TPSA) is 223 Å². The van der Waals surface area contributed by atoms with Crippen molar-refractivity contribution in [2.24, 2.45) is 5.73 Å². The Morgan fingerprint density at radius 2 is 1.74 bits per heavy atom. The molecule has 1 amide bonds. The van der Waals surface area contributed by atoms with Crippen molar-refractivity contribution >= 4 is 17.6 Å². The molecule has 14 nitrogen and oxygen atoms in total. The summed E-state index contributed by atoms with van der Waals surface area (Å²) in [7, 11) is 0. The van der Waals surface area contributed by atoms with E-state index in [4.69, 9.17) is 5.73 Å². The van der Waals surface area contributed by atoms with Crippen molar-refractivity contribution in [2.45, 2.75) is 38.8 Å². The van der Waals surface area contributed by atoms with Gasteiger partial charge in [0.2, 0.25) is 5.75 Å². The first-order valence-corrected chi connectivity index (χ1v) is 11.6. The van der Waals surface area contributed by atoms with Crippen LogP contribution in [0.1, 0.15) is 37.9 Å². The summed E-state index contributed by atoms with van der Waals surface area (Å²) in [6, 6.07) is 4.53. The monoisotopic (exact) mass is 531 g/mol. The molecule has 0 saturated carbocycles. The minimum Gasteiger partial charge on any atom is -0.504 e. The third-order valence-electron chi connectivity index (χ3n) is 6.51. The molecule has 204 valence electrons. The van der Waals surface area contributed by atoms with Crippen LogP contribution in [-0.2, 0) is 16.0 Å². The second kappa shape index (κ2) is 10.3. The summed E-state index contributed by atoms with van der Waals surface area (Å²) in [5.74, 6) is -4.85. The van der Waals surface area contributed by atoms with Gasteiger partial charge in [0.1, 0.15) is 5.82 Å². The Kier molecular flexibility index (Phi) is 7.58. The molecule has 0 spiro atoms. The molecule has 2 aromatic carbocycles. The number of phenolic OH excluding ortho intramolecular Hbond substituents is 4. The molecule has 0 bridgehead atoms. The van der Waals surface area contributed by atoms with Crippen molar-refractivity contribution in [2.75, 3.05) is 13.1 Å². The number of nitrogens with one attached hydrogen (secondary N) is 1. The Morgan fingerprint density at radius 1 is 1.11 bits per heavy atom. The number of nitrogens with two attached hydrogens (primary N) is 1. The van der Waals surface area contributed by atoms with Crippen LogP contribution in [0.25, 0.3) is 0 Å². The van der Waals surface area contributed by atoms with Gasteiger partial charge in [0.25, 0.3) is 5.91 Å². The predicted octanol–water partition coefficient (Wildman–Crippen LogP) is 1.40. The van der Waals surface area contributed by atoms with Gasteiger partial charge in [-0.25, -0.2) is 10.2 Å². The van der Waals surface area contributed by atoms with Crippen molar-refractivity contribution < 1.29 is 40.0 Å². The number of hydrogen-bond acceptors (Lipinski definition) is 11. The number of nitrogens with zero attached hydrogens (tertiary/aromatic N) is 3. The quantitative estimate of drug-likeness (QED) is 0.139. The fourth-order valence-electron chi connectivity index (χ4n) is 4.35. The van der Waals surface area contributed by atoms with Crippen LogP contribution in [0, 0.1) is 10.1 Å². The van der Waals surface area contributed by atoms with E-state index in [0.717, 1.165) is 17.1 Å². The highest BCUT2D eigenvalue weighted by atomic mass is 16.6. The highest BCUT2D eigenvalue weighted by molar-refractivity contribution is 5.96. The minimum atomic E-state index is -1.87. The number of carbonyl (C=O) groups excluding carboxylic acids is 1. The highest BCUT2D eigenvalue weighted by Crippen LogP contribution is 2.43. The molecular formula is C24H29N5O9. The zero-order valence-electron chi connectivity index (χ0n) is 20.9. The molecule has 0 fully saturated rings. The maximum atomic E-state index is 13.5. The SMILES string of the molecule is CCN(CC)C(=O)C1=C(N)N([C@@](C)(Cc2ccc(O)c(O)c2)C(=O)O)NC1c1cc(O)c(O)c([N+](=O)[O-])c1. The first-order valence-electron chi connectivity index (χ1n) is 11.6. The molecule has 1 aliphatic rings. The van der Waals surface area contributed by atoms with Crippen molar-refractivity contribution in [3.63, 3.8) is 0 Å². The van der Waals surface area contributed by atoms with Gasteiger partial charge in [-0.3, -0.25) is 19.9 Å². The second-order valence-corrected chi connectivity index (χ2v) is 8.92. The Balaban J connectivity index is 2.19. The molecule has 1 unspecified atom stereocenters. The Bertz CT molecular complexity index is 1320. The van der Waals surface area contributed by atoms with E-state index in [1.165, 1.54) is 30.0 Å². The average molecular weight is 532 g/mol. The third-order valence-corrected chi connectivity index (χ3v) is 6.51. The fraction of sp³-hybridized carbons (Fsp3) is 0.333. The second-order valence-electron chi connectivity index (χ2n) is 8.92. The maximum Gasteiger partial charge on any atom is 0.331 e. The lowest BCUT2D eigenvalue weighted by Gasteiger charge is -2.37. The van der Waals surface area contributed by atoms with E-state index in [9.17, 15) is 45.2 Å². The molecule has 8 N–H and O–H groups in total. The molecule has 1 heterocycles. The van der Waals surface area contributed by atoms with Gasteiger partial charge in [0.15, 0.2) is 22.8 Å². The van der Waals surface area contributed by atoms with E-state index >= 15 is 0 Å². The number of aliphatic carboxylic acids is 1. The van der Waals surface area contributed by atoms with Crippen LogP contribution < -0.4 is 11.2 Å². The van der Waals surface area contributed by atoms with Crippen LogP contribution in [0.2, 0.25) is 0 Å². The van der Waals surface area contributed by atoms with Crippen molar-refractivity contribution in [1.82, 2.24) is 15.3 Å². The largest absolute Gasteiger partial charge is 0.504 e. The zero-order chi connectivity index (χ0) is 28.5. The molecule has 1 aliphatic heterocycles. The first kappa shape index (κ1) is 27.9. The summed E-state index contributed by atoms with van der Waals surface area (Å²) in [6.07, 6.45) is -0.260. The highest BCUT2D eigenvalue weighted by Gasteiger charge is 2.49. The number of phenols is 4. The Morgan fingerprint density at radius 3 is 2.26 bits per heavy atom. The number of amides is 1. The number of benzene rings is 2. The smallest absolute Gasteiger partial charge is 0.331 e. The van der Waals surface area contributed by atoms with E-state index in [1.807, 2.05) is 0 Å². The predicted molar refractivity (Wildman–Crippen MR) is 133 cm³/mol. The molecule has 0 aromatic heterocycles. The first-order chi connectivity index (χ1) is 17.8. The van der Waals surface area contributed by atoms with Crippen LogP contribution in [0.5, 0.6) is 23.0 Å². The van der Waals surface area contributed by atoms with Gasteiger partial charge >= 0.3 is 11.7 Å². The number of nitro groups is 1.